The van der Waals surface area contributed by atoms with Crippen molar-refractivity contribution in [1.82, 2.24) is 4.98 Å². The van der Waals surface area contributed by atoms with Crippen LogP contribution in [0.25, 0.3) is 10.9 Å². The number of aliphatic hydroxyl groups is 1. The number of halogens is 1. The van der Waals surface area contributed by atoms with Gasteiger partial charge in [-0.25, -0.2) is 0 Å². The molecule has 3 rings (SSSR count). The van der Waals surface area contributed by atoms with Crippen molar-refractivity contribution >= 4 is 26.8 Å². The Labute approximate surface area is 132 Å². The molecule has 0 aliphatic rings. The molecule has 0 radical (unpaired) electrons. The number of aryl methyl sites for hydroxylation is 2. The van der Waals surface area contributed by atoms with E-state index in [2.05, 4.69) is 20.9 Å². The van der Waals surface area contributed by atoms with Crippen molar-refractivity contribution in [2.24, 2.45) is 0 Å². The monoisotopic (exact) mass is 341 g/mol. The Kier molecular flexibility index (Phi) is 3.79. The second-order valence-corrected chi connectivity index (χ2v) is 6.13. The molecule has 1 heterocycles. The fourth-order valence-electron chi connectivity index (χ4n) is 2.57. The van der Waals surface area contributed by atoms with Gasteiger partial charge in [-0.3, -0.25) is 4.98 Å². The molecule has 106 valence electrons. The Morgan fingerprint density at radius 1 is 1.00 bits per heavy atom. The van der Waals surface area contributed by atoms with Crippen molar-refractivity contribution in [1.29, 1.82) is 0 Å². The second kappa shape index (κ2) is 5.58. The maximum atomic E-state index is 10.6. The van der Waals surface area contributed by atoms with E-state index < -0.39 is 6.10 Å². The van der Waals surface area contributed by atoms with Crippen molar-refractivity contribution in [3.63, 3.8) is 0 Å². The minimum absolute atomic E-state index is 0.660. The molecule has 3 heteroatoms. The van der Waals surface area contributed by atoms with Crippen LogP contribution in [0.4, 0.5) is 0 Å². The molecule has 3 aromatic rings. The van der Waals surface area contributed by atoms with E-state index >= 15 is 0 Å². The molecule has 0 saturated carbocycles. The van der Waals surface area contributed by atoms with Crippen molar-refractivity contribution in [2.75, 3.05) is 0 Å². The summed E-state index contributed by atoms with van der Waals surface area (Å²) in [4.78, 5) is 4.42. The van der Waals surface area contributed by atoms with Gasteiger partial charge >= 0.3 is 0 Å². The number of rotatable bonds is 2. The normalized spacial score (nSPS) is 12.6. The van der Waals surface area contributed by atoms with E-state index in [1.54, 1.807) is 6.20 Å². The standard InChI is InChI=1S/C18H16BrNO/c1-11-7-14(8-12(2)17(11)19)18(21)15-9-13-5-3-4-6-16(13)20-10-15/h3-10,18,21H,1-2H3. The molecule has 0 aliphatic carbocycles. The summed E-state index contributed by atoms with van der Waals surface area (Å²) in [6.45, 7) is 4.07. The lowest BCUT2D eigenvalue weighted by molar-refractivity contribution is 0.220. The predicted octanol–water partition coefficient (Wildman–Crippen LogP) is 4.70. The van der Waals surface area contributed by atoms with Gasteiger partial charge in [0.1, 0.15) is 6.10 Å². The van der Waals surface area contributed by atoms with Crippen LogP contribution in [-0.4, -0.2) is 10.1 Å². The quantitative estimate of drug-likeness (QED) is 0.733. The minimum atomic E-state index is -0.660. The predicted molar refractivity (Wildman–Crippen MR) is 89.4 cm³/mol. The third-order valence-electron chi connectivity index (χ3n) is 3.70. The average Bonchev–Trinajstić information content (AvgIpc) is 2.51. The Morgan fingerprint density at radius 2 is 1.67 bits per heavy atom. The molecule has 0 spiro atoms. The number of hydrogen-bond donors (Lipinski definition) is 1. The molecule has 0 aliphatic heterocycles. The molecule has 2 nitrogen and oxygen atoms in total. The van der Waals surface area contributed by atoms with Gasteiger partial charge in [0.2, 0.25) is 0 Å². The molecule has 1 aromatic heterocycles. The highest BCUT2D eigenvalue weighted by molar-refractivity contribution is 9.10. The van der Waals surface area contributed by atoms with Gasteiger partial charge in [0.05, 0.1) is 5.52 Å². The van der Waals surface area contributed by atoms with Crippen LogP contribution in [0.2, 0.25) is 0 Å². The van der Waals surface area contributed by atoms with Crippen LogP contribution >= 0.6 is 15.9 Å². The van der Waals surface area contributed by atoms with Crippen LogP contribution < -0.4 is 0 Å². The van der Waals surface area contributed by atoms with Gasteiger partial charge in [0.25, 0.3) is 0 Å². The summed E-state index contributed by atoms with van der Waals surface area (Å²) in [5, 5.41) is 11.7. The summed E-state index contributed by atoms with van der Waals surface area (Å²) in [7, 11) is 0. The van der Waals surface area contributed by atoms with Crippen LogP contribution in [0.3, 0.4) is 0 Å². The number of aromatic nitrogens is 1. The highest BCUT2D eigenvalue weighted by Crippen LogP contribution is 2.29. The molecule has 0 amide bonds. The van der Waals surface area contributed by atoms with Crippen LogP contribution in [0, 0.1) is 13.8 Å². The van der Waals surface area contributed by atoms with Gasteiger partial charge < -0.3 is 5.11 Å². The zero-order valence-corrected chi connectivity index (χ0v) is 13.6. The van der Waals surface area contributed by atoms with Crippen LogP contribution in [0.15, 0.2) is 53.1 Å². The van der Waals surface area contributed by atoms with Gasteiger partial charge in [0, 0.05) is 21.6 Å². The van der Waals surface area contributed by atoms with Crippen LogP contribution in [0.1, 0.15) is 28.4 Å². The van der Waals surface area contributed by atoms with E-state index in [4.69, 9.17) is 0 Å². The molecule has 0 saturated heterocycles. The third kappa shape index (κ3) is 2.71. The number of nitrogens with zero attached hydrogens (tertiary/aromatic N) is 1. The zero-order chi connectivity index (χ0) is 15.0. The third-order valence-corrected chi connectivity index (χ3v) is 4.95. The highest BCUT2D eigenvalue weighted by atomic mass is 79.9. The first-order chi connectivity index (χ1) is 10.1. The first kappa shape index (κ1) is 14.2. The van der Waals surface area contributed by atoms with Crippen LogP contribution in [-0.2, 0) is 0 Å². The lowest BCUT2D eigenvalue weighted by Gasteiger charge is -2.15. The van der Waals surface area contributed by atoms with Gasteiger partial charge in [-0.05, 0) is 42.7 Å². The van der Waals surface area contributed by atoms with Crippen LogP contribution in [0.5, 0.6) is 0 Å². The summed E-state index contributed by atoms with van der Waals surface area (Å²) in [6, 6.07) is 13.9. The second-order valence-electron chi connectivity index (χ2n) is 5.33. The maximum Gasteiger partial charge on any atom is 0.106 e. The number of para-hydroxylation sites is 1. The lowest BCUT2D eigenvalue weighted by Crippen LogP contribution is -2.02. The minimum Gasteiger partial charge on any atom is -0.384 e. The largest absolute Gasteiger partial charge is 0.384 e. The van der Waals surface area contributed by atoms with Crippen molar-refractivity contribution in [3.8, 4) is 0 Å². The van der Waals surface area contributed by atoms with Crippen molar-refractivity contribution < 1.29 is 5.11 Å². The van der Waals surface area contributed by atoms with Crippen molar-refractivity contribution in [2.45, 2.75) is 20.0 Å². The smallest absolute Gasteiger partial charge is 0.106 e. The number of pyridine rings is 1. The molecule has 2 aromatic carbocycles. The molecule has 1 N–H and O–H groups in total. The average molecular weight is 342 g/mol. The van der Waals surface area contributed by atoms with Gasteiger partial charge in [-0.1, -0.05) is 46.3 Å². The highest BCUT2D eigenvalue weighted by Gasteiger charge is 2.14. The van der Waals surface area contributed by atoms with E-state index in [1.165, 1.54) is 0 Å². The van der Waals surface area contributed by atoms with Gasteiger partial charge in [0.15, 0.2) is 0 Å². The summed E-state index contributed by atoms with van der Waals surface area (Å²) in [6.07, 6.45) is 1.09. The fourth-order valence-corrected chi connectivity index (χ4v) is 2.80. The lowest BCUT2D eigenvalue weighted by atomic mass is 9.98. The van der Waals surface area contributed by atoms with Gasteiger partial charge in [-0.2, -0.15) is 0 Å². The van der Waals surface area contributed by atoms with E-state index in [9.17, 15) is 5.11 Å². The van der Waals surface area contributed by atoms with Gasteiger partial charge in [-0.15, -0.1) is 0 Å². The molecule has 1 atom stereocenters. The number of aliphatic hydroxyl groups excluding tert-OH is 1. The first-order valence-electron chi connectivity index (χ1n) is 6.85. The molecule has 21 heavy (non-hydrogen) atoms. The zero-order valence-electron chi connectivity index (χ0n) is 12.0. The molecule has 0 fully saturated rings. The summed E-state index contributed by atoms with van der Waals surface area (Å²) in [5.74, 6) is 0. The number of benzene rings is 2. The number of fused-ring (bicyclic) bond motifs is 1. The summed E-state index contributed by atoms with van der Waals surface area (Å²) < 4.78 is 1.09. The van der Waals surface area contributed by atoms with E-state index in [0.29, 0.717) is 0 Å². The fraction of sp³-hybridized carbons (Fsp3) is 0.167. The Hall–Kier alpha value is -1.71. The van der Waals surface area contributed by atoms with E-state index in [1.807, 2.05) is 56.3 Å². The maximum absolute atomic E-state index is 10.6. The van der Waals surface area contributed by atoms with Crippen molar-refractivity contribution in [3.05, 3.63) is 75.4 Å². The van der Waals surface area contributed by atoms with E-state index in [0.717, 1.165) is 37.6 Å². The molecule has 1 unspecified atom stereocenters. The van der Waals surface area contributed by atoms with E-state index in [-0.39, 0.29) is 0 Å². The Morgan fingerprint density at radius 3 is 2.38 bits per heavy atom. The number of hydrogen-bond acceptors (Lipinski definition) is 2. The molecular weight excluding hydrogens is 326 g/mol. The Bertz CT molecular complexity index is 790. The molecular formula is C18H16BrNO. The Balaban J connectivity index is 2.05. The first-order valence-corrected chi connectivity index (χ1v) is 7.65. The topological polar surface area (TPSA) is 33.1 Å². The molecule has 0 bridgehead atoms. The summed E-state index contributed by atoms with van der Waals surface area (Å²) in [5.41, 5.74) is 4.90. The SMILES string of the molecule is Cc1cc(C(O)c2cnc3ccccc3c2)cc(C)c1Br. The summed E-state index contributed by atoms with van der Waals surface area (Å²) >= 11 is 3.56.